The molecule has 0 spiro atoms. The molecule has 142 valence electrons. The molecule has 2 fully saturated rings. The first-order valence-corrected chi connectivity index (χ1v) is 9.98. The monoisotopic (exact) mass is 358 g/mol. The molecule has 1 saturated heterocycles. The summed E-state index contributed by atoms with van der Waals surface area (Å²) in [6.07, 6.45) is 13.7. The molecule has 0 atom stereocenters. The minimum atomic E-state index is 0.0282. The van der Waals surface area contributed by atoms with Crippen LogP contribution in [0.15, 0.2) is 28.9 Å². The normalized spacial score (nSPS) is 19.3. The van der Waals surface area contributed by atoms with E-state index in [-0.39, 0.29) is 11.8 Å². The summed E-state index contributed by atoms with van der Waals surface area (Å²) in [4.78, 5) is 26.1. The maximum Gasteiger partial charge on any atom is 0.246 e. The van der Waals surface area contributed by atoms with Crippen molar-refractivity contribution in [2.75, 3.05) is 19.6 Å². The maximum absolute atomic E-state index is 12.2. The van der Waals surface area contributed by atoms with E-state index in [2.05, 4.69) is 5.32 Å². The van der Waals surface area contributed by atoms with E-state index in [0.29, 0.717) is 18.1 Å². The zero-order chi connectivity index (χ0) is 18.2. The third-order valence-corrected chi connectivity index (χ3v) is 5.70. The molecule has 1 aliphatic carbocycles. The number of rotatable bonds is 7. The van der Waals surface area contributed by atoms with E-state index in [1.165, 1.54) is 25.7 Å². The van der Waals surface area contributed by atoms with Crippen molar-refractivity contribution in [2.45, 2.75) is 51.4 Å². The predicted molar refractivity (Wildman–Crippen MR) is 101 cm³/mol. The molecule has 3 rings (SSSR count). The number of hydrogen-bond acceptors (Lipinski definition) is 3. The molecule has 2 aliphatic rings. The lowest BCUT2D eigenvalue weighted by atomic mass is 9.96. The molecule has 26 heavy (non-hydrogen) atoms. The standard InChI is InChI=1S/C21H30N2O3/c24-20(9-7-17-4-1-2-5-17)22-16-18-11-13-23(14-12-18)21(25)10-8-19-6-3-15-26-19/h3,6,8,10,15,17-18H,1-2,4-5,7,9,11-14,16H2,(H,22,24)/b10-8+. The van der Waals surface area contributed by atoms with Crippen molar-refractivity contribution in [3.63, 3.8) is 0 Å². The van der Waals surface area contributed by atoms with E-state index in [1.807, 2.05) is 11.0 Å². The summed E-state index contributed by atoms with van der Waals surface area (Å²) in [5, 5.41) is 3.10. The van der Waals surface area contributed by atoms with Crippen LogP contribution in [0.5, 0.6) is 0 Å². The summed E-state index contributed by atoms with van der Waals surface area (Å²) in [5.41, 5.74) is 0. The molecule has 0 bridgehead atoms. The minimum Gasteiger partial charge on any atom is -0.465 e. The summed E-state index contributed by atoms with van der Waals surface area (Å²) in [7, 11) is 0. The highest BCUT2D eigenvalue weighted by Gasteiger charge is 2.22. The summed E-state index contributed by atoms with van der Waals surface area (Å²) in [5.74, 6) is 2.15. The molecule has 1 aliphatic heterocycles. The van der Waals surface area contributed by atoms with Gasteiger partial charge in [0.25, 0.3) is 0 Å². The van der Waals surface area contributed by atoms with Crippen LogP contribution in [0.4, 0.5) is 0 Å². The Balaban J connectivity index is 1.30. The van der Waals surface area contributed by atoms with Crippen LogP contribution in [0.25, 0.3) is 6.08 Å². The average molecular weight is 358 g/mol. The molecule has 1 aromatic rings. The molecule has 0 aromatic carbocycles. The highest BCUT2D eigenvalue weighted by molar-refractivity contribution is 5.91. The number of hydrogen-bond donors (Lipinski definition) is 1. The Morgan fingerprint density at radius 1 is 1.15 bits per heavy atom. The molecule has 5 nitrogen and oxygen atoms in total. The first kappa shape index (κ1) is 18.7. The SMILES string of the molecule is O=C(CCC1CCCC1)NCC1CCN(C(=O)/C=C/c2ccco2)CC1. The Morgan fingerprint density at radius 3 is 2.62 bits per heavy atom. The maximum atomic E-state index is 12.2. The number of carbonyl (C=O) groups is 2. The van der Waals surface area contributed by atoms with E-state index in [0.717, 1.165) is 44.8 Å². The second-order valence-electron chi connectivity index (χ2n) is 7.61. The Hall–Kier alpha value is -2.04. The first-order chi connectivity index (χ1) is 12.7. The lowest BCUT2D eigenvalue weighted by Crippen LogP contribution is -2.41. The van der Waals surface area contributed by atoms with E-state index in [9.17, 15) is 9.59 Å². The van der Waals surface area contributed by atoms with Crippen LogP contribution < -0.4 is 5.32 Å². The molecule has 2 heterocycles. The number of furan rings is 1. The lowest BCUT2D eigenvalue weighted by molar-refractivity contribution is -0.127. The number of amides is 2. The van der Waals surface area contributed by atoms with E-state index < -0.39 is 0 Å². The minimum absolute atomic E-state index is 0.0282. The van der Waals surface area contributed by atoms with Gasteiger partial charge in [0.05, 0.1) is 6.26 Å². The predicted octanol–water partition coefficient (Wildman–Crippen LogP) is 3.62. The molecule has 2 amide bonds. The van der Waals surface area contributed by atoms with Crippen molar-refractivity contribution < 1.29 is 14.0 Å². The Bertz CT molecular complexity index is 595. The van der Waals surface area contributed by atoms with Crippen molar-refractivity contribution in [1.29, 1.82) is 0 Å². The Morgan fingerprint density at radius 2 is 1.92 bits per heavy atom. The summed E-state index contributed by atoms with van der Waals surface area (Å²) in [6.45, 7) is 2.25. The van der Waals surface area contributed by atoms with Gasteiger partial charge in [-0.2, -0.15) is 0 Å². The fourth-order valence-electron chi connectivity index (χ4n) is 3.98. The van der Waals surface area contributed by atoms with Gasteiger partial charge in [-0.1, -0.05) is 25.7 Å². The molecular weight excluding hydrogens is 328 g/mol. The third kappa shape index (κ3) is 5.75. The molecule has 1 saturated carbocycles. The highest BCUT2D eigenvalue weighted by Crippen LogP contribution is 2.28. The van der Waals surface area contributed by atoms with Crippen molar-refractivity contribution in [3.05, 3.63) is 30.2 Å². The van der Waals surface area contributed by atoms with Gasteiger partial charge >= 0.3 is 0 Å². The van der Waals surface area contributed by atoms with Gasteiger partial charge in [-0.25, -0.2) is 0 Å². The average Bonchev–Trinajstić information content (AvgIpc) is 3.37. The van der Waals surface area contributed by atoms with Gasteiger partial charge < -0.3 is 14.6 Å². The topological polar surface area (TPSA) is 62.6 Å². The molecule has 1 aromatic heterocycles. The molecule has 1 N–H and O–H groups in total. The van der Waals surface area contributed by atoms with Crippen molar-refractivity contribution in [3.8, 4) is 0 Å². The summed E-state index contributed by atoms with van der Waals surface area (Å²) in [6, 6.07) is 3.63. The van der Waals surface area contributed by atoms with Crippen molar-refractivity contribution in [1.82, 2.24) is 10.2 Å². The third-order valence-electron chi connectivity index (χ3n) is 5.70. The fraction of sp³-hybridized carbons (Fsp3) is 0.619. The Labute approximate surface area is 155 Å². The molecule has 5 heteroatoms. The molecule has 0 unspecified atom stereocenters. The zero-order valence-electron chi connectivity index (χ0n) is 15.5. The van der Waals surface area contributed by atoms with E-state index in [1.54, 1.807) is 24.5 Å². The lowest BCUT2D eigenvalue weighted by Gasteiger charge is -2.31. The highest BCUT2D eigenvalue weighted by atomic mass is 16.3. The number of nitrogens with one attached hydrogen (secondary N) is 1. The second kappa shape index (κ2) is 9.60. The van der Waals surface area contributed by atoms with Crippen LogP contribution in [0, 0.1) is 11.8 Å². The quantitative estimate of drug-likeness (QED) is 0.757. The smallest absolute Gasteiger partial charge is 0.246 e. The first-order valence-electron chi connectivity index (χ1n) is 9.98. The number of carbonyl (C=O) groups excluding carboxylic acids is 2. The van der Waals surface area contributed by atoms with Crippen LogP contribution >= 0.6 is 0 Å². The van der Waals surface area contributed by atoms with Gasteiger partial charge in [0.1, 0.15) is 5.76 Å². The Kier molecular flexibility index (Phi) is 6.92. The van der Waals surface area contributed by atoms with Gasteiger partial charge in [0, 0.05) is 32.1 Å². The number of nitrogens with zero attached hydrogens (tertiary/aromatic N) is 1. The van der Waals surface area contributed by atoms with Crippen LogP contribution in [0.3, 0.4) is 0 Å². The second-order valence-corrected chi connectivity index (χ2v) is 7.61. The number of likely N-dealkylation sites (tertiary alicyclic amines) is 1. The van der Waals surface area contributed by atoms with Crippen LogP contribution in [0.1, 0.15) is 57.1 Å². The van der Waals surface area contributed by atoms with E-state index in [4.69, 9.17) is 4.42 Å². The molecular formula is C21H30N2O3. The van der Waals surface area contributed by atoms with Crippen LogP contribution in [-0.4, -0.2) is 36.3 Å². The van der Waals surface area contributed by atoms with Crippen LogP contribution in [0.2, 0.25) is 0 Å². The van der Waals surface area contributed by atoms with Gasteiger partial charge in [0.2, 0.25) is 11.8 Å². The van der Waals surface area contributed by atoms with Crippen LogP contribution in [-0.2, 0) is 9.59 Å². The fourth-order valence-corrected chi connectivity index (χ4v) is 3.98. The van der Waals surface area contributed by atoms with Gasteiger partial charge in [-0.15, -0.1) is 0 Å². The van der Waals surface area contributed by atoms with Crippen molar-refractivity contribution >= 4 is 17.9 Å². The molecule has 0 radical (unpaired) electrons. The summed E-state index contributed by atoms with van der Waals surface area (Å²) < 4.78 is 5.20. The van der Waals surface area contributed by atoms with Crippen molar-refractivity contribution in [2.24, 2.45) is 11.8 Å². The van der Waals surface area contributed by atoms with E-state index >= 15 is 0 Å². The summed E-state index contributed by atoms with van der Waals surface area (Å²) >= 11 is 0. The van der Waals surface area contributed by atoms with Gasteiger partial charge in [-0.3, -0.25) is 9.59 Å². The van der Waals surface area contributed by atoms with Gasteiger partial charge in [0.15, 0.2) is 0 Å². The number of piperidine rings is 1. The van der Waals surface area contributed by atoms with Gasteiger partial charge in [-0.05, 0) is 49.3 Å². The zero-order valence-corrected chi connectivity index (χ0v) is 15.5. The largest absolute Gasteiger partial charge is 0.465 e.